The number of carbonyl (C=O) groups is 1. The first-order chi connectivity index (χ1) is 16.1. The fourth-order valence-corrected chi connectivity index (χ4v) is 11.7. The number of aromatic nitrogens is 3. The number of anilines is 1. The highest BCUT2D eigenvalue weighted by molar-refractivity contribution is 7.98. The Balaban J connectivity index is 1.92. The highest BCUT2D eigenvalue weighted by atomic mass is 32.2. The van der Waals surface area contributed by atoms with Gasteiger partial charge in [-0.2, -0.15) is 0 Å². The molecule has 2 aliphatic rings. The Bertz CT molecular complexity index is 1130. The van der Waals surface area contributed by atoms with E-state index < -0.39 is 8.07 Å². The molecule has 0 unspecified atom stereocenters. The fraction of sp³-hybridized carbons (Fsp3) is 0.615. The van der Waals surface area contributed by atoms with Crippen molar-refractivity contribution in [3.63, 3.8) is 0 Å². The van der Waals surface area contributed by atoms with E-state index in [1.54, 1.807) is 4.90 Å². The number of hydrogen-bond donors (Lipinski definition) is 0. The molecule has 1 spiro atoms. The van der Waals surface area contributed by atoms with Crippen LogP contribution in [0.5, 0.6) is 0 Å². The van der Waals surface area contributed by atoms with Gasteiger partial charge in [-0.25, -0.2) is 19.7 Å². The van der Waals surface area contributed by atoms with Gasteiger partial charge in [-0.15, -0.1) is 5.54 Å². The summed E-state index contributed by atoms with van der Waals surface area (Å²) in [6.45, 7) is 14.3. The van der Waals surface area contributed by atoms with Crippen LogP contribution in [0.4, 0.5) is 10.6 Å². The van der Waals surface area contributed by atoms with Gasteiger partial charge in [0.05, 0.1) is 10.9 Å². The highest BCUT2D eigenvalue weighted by Crippen LogP contribution is 2.43. The quantitative estimate of drug-likeness (QED) is 0.201. The number of pyridine rings is 1. The van der Waals surface area contributed by atoms with Crippen molar-refractivity contribution in [2.45, 2.75) is 94.5 Å². The lowest BCUT2D eigenvalue weighted by molar-refractivity contribution is 0.173. The van der Waals surface area contributed by atoms with Crippen molar-refractivity contribution in [2.75, 3.05) is 17.8 Å². The Kier molecular flexibility index (Phi) is 6.98. The van der Waals surface area contributed by atoms with Crippen molar-refractivity contribution in [3.8, 4) is 11.5 Å². The van der Waals surface area contributed by atoms with E-state index >= 15 is 0 Å². The average molecular weight is 497 g/mol. The van der Waals surface area contributed by atoms with Gasteiger partial charge in [-0.3, -0.25) is 4.90 Å². The van der Waals surface area contributed by atoms with E-state index in [1.807, 2.05) is 18.5 Å². The first-order valence-corrected chi connectivity index (χ1v) is 15.8. The minimum atomic E-state index is -1.94. The third-order valence-electron chi connectivity index (χ3n) is 7.88. The number of fused-ring (bicyclic) bond motifs is 1. The maximum Gasteiger partial charge on any atom is 0.416 e. The summed E-state index contributed by atoms with van der Waals surface area (Å²) in [6.07, 6.45) is 7.51. The largest absolute Gasteiger partial charge is 0.447 e. The number of carbonyl (C=O) groups excluding carboxylic acids is 1. The number of amides is 1. The minimum Gasteiger partial charge on any atom is -0.447 e. The number of rotatable bonds is 5. The van der Waals surface area contributed by atoms with Crippen LogP contribution in [0, 0.1) is 11.5 Å². The molecule has 2 aromatic rings. The van der Waals surface area contributed by atoms with Crippen LogP contribution < -0.4 is 4.90 Å². The van der Waals surface area contributed by atoms with Gasteiger partial charge in [0.1, 0.15) is 20.5 Å². The zero-order chi connectivity index (χ0) is 24.7. The van der Waals surface area contributed by atoms with E-state index in [-0.39, 0.29) is 11.6 Å². The summed E-state index contributed by atoms with van der Waals surface area (Å²) >= 11 is 1.48. The van der Waals surface area contributed by atoms with Gasteiger partial charge in [0.2, 0.25) is 0 Å². The maximum absolute atomic E-state index is 12.9. The fourth-order valence-electron chi connectivity index (χ4n) is 6.16. The first-order valence-electron chi connectivity index (χ1n) is 12.4. The lowest BCUT2D eigenvalue weighted by atomic mass is 9.97. The first kappa shape index (κ1) is 25.0. The summed E-state index contributed by atoms with van der Waals surface area (Å²) in [6, 6.07) is 1.96. The molecule has 0 radical (unpaired) electrons. The number of nitrogens with zero attached hydrogens (tertiary/aromatic N) is 4. The SMILES string of the molecule is CSc1ncc2c(C#C[Si](C(C)C)(C(C)C)C(C)C)cc(N3C(=O)OCC34CCCC4)nc2n1. The zero-order valence-corrected chi connectivity index (χ0v) is 23.3. The van der Waals surface area contributed by atoms with Crippen LogP contribution >= 0.6 is 11.8 Å². The predicted octanol–water partition coefficient (Wildman–Crippen LogP) is 6.59. The summed E-state index contributed by atoms with van der Waals surface area (Å²) in [4.78, 5) is 28.7. The van der Waals surface area contributed by atoms with E-state index in [4.69, 9.17) is 9.72 Å². The van der Waals surface area contributed by atoms with Crippen LogP contribution in [0.1, 0.15) is 72.8 Å². The molecule has 1 aliphatic carbocycles. The smallest absolute Gasteiger partial charge is 0.416 e. The van der Waals surface area contributed by atoms with Crippen molar-refractivity contribution in [1.29, 1.82) is 0 Å². The molecule has 0 N–H and O–H groups in total. The molecule has 1 aliphatic heterocycles. The van der Waals surface area contributed by atoms with E-state index in [0.717, 1.165) is 36.6 Å². The molecule has 1 saturated heterocycles. The van der Waals surface area contributed by atoms with Gasteiger partial charge in [0.25, 0.3) is 0 Å². The lowest BCUT2D eigenvalue weighted by Gasteiger charge is -2.38. The number of ether oxygens (including phenoxy) is 1. The second-order valence-electron chi connectivity index (χ2n) is 10.6. The Morgan fingerprint density at radius 1 is 1.09 bits per heavy atom. The molecule has 34 heavy (non-hydrogen) atoms. The predicted molar refractivity (Wildman–Crippen MR) is 142 cm³/mol. The standard InChI is InChI=1S/C26H36N4O2SSi/c1-17(2)34(18(3)4,19(5)6)13-10-20-14-22(28-23-21(20)15-27-24(29-23)33-7)30-25(31)32-16-26(30)11-8-9-12-26/h14-15,17-19H,8-9,11-12,16H2,1-7H3. The van der Waals surface area contributed by atoms with Crippen LogP contribution in [-0.2, 0) is 4.74 Å². The van der Waals surface area contributed by atoms with E-state index in [2.05, 4.69) is 63.0 Å². The van der Waals surface area contributed by atoms with Gasteiger partial charge < -0.3 is 4.74 Å². The van der Waals surface area contributed by atoms with E-state index in [9.17, 15) is 4.79 Å². The Morgan fingerprint density at radius 3 is 2.32 bits per heavy atom. The van der Waals surface area contributed by atoms with Crippen molar-refractivity contribution in [3.05, 3.63) is 17.8 Å². The summed E-state index contributed by atoms with van der Waals surface area (Å²) in [5.74, 6) is 4.17. The third kappa shape index (κ3) is 4.11. The molecule has 2 aromatic heterocycles. The third-order valence-corrected chi connectivity index (χ3v) is 14.7. The van der Waals surface area contributed by atoms with Crippen molar-refractivity contribution >= 4 is 42.8 Å². The zero-order valence-electron chi connectivity index (χ0n) is 21.4. The summed E-state index contributed by atoms with van der Waals surface area (Å²) in [5.41, 5.74) is 6.54. The monoisotopic (exact) mass is 496 g/mol. The van der Waals surface area contributed by atoms with E-state index in [0.29, 0.717) is 39.9 Å². The molecule has 1 saturated carbocycles. The summed E-state index contributed by atoms with van der Waals surface area (Å²) < 4.78 is 5.54. The molecule has 3 heterocycles. The van der Waals surface area contributed by atoms with Gasteiger partial charge >= 0.3 is 6.09 Å². The Labute approximate surface area is 208 Å². The lowest BCUT2D eigenvalue weighted by Crippen LogP contribution is -2.45. The average Bonchev–Trinajstić information content (AvgIpc) is 3.39. The Hall–Kier alpha value is -2.11. The van der Waals surface area contributed by atoms with Crippen LogP contribution in [0.3, 0.4) is 0 Å². The molecule has 4 rings (SSSR count). The minimum absolute atomic E-state index is 0.301. The van der Waals surface area contributed by atoms with Gasteiger partial charge in [-0.05, 0) is 41.8 Å². The maximum atomic E-state index is 12.9. The Morgan fingerprint density at radius 2 is 1.74 bits per heavy atom. The van der Waals surface area contributed by atoms with Crippen LogP contribution in [0.2, 0.25) is 16.6 Å². The van der Waals surface area contributed by atoms with Gasteiger partial charge in [0, 0.05) is 11.8 Å². The van der Waals surface area contributed by atoms with Gasteiger partial charge in [0.15, 0.2) is 10.8 Å². The van der Waals surface area contributed by atoms with Crippen molar-refractivity contribution in [2.24, 2.45) is 0 Å². The second-order valence-corrected chi connectivity index (χ2v) is 16.9. The molecule has 6 nitrogen and oxygen atoms in total. The molecule has 0 aromatic carbocycles. The number of hydrogen-bond acceptors (Lipinski definition) is 6. The molecule has 0 atom stereocenters. The summed E-state index contributed by atoms with van der Waals surface area (Å²) in [5, 5.41) is 1.49. The molecule has 1 amide bonds. The number of cyclic esters (lactones) is 1. The molecule has 2 fully saturated rings. The molecular weight excluding hydrogens is 460 g/mol. The van der Waals surface area contributed by atoms with E-state index in [1.165, 1.54) is 11.8 Å². The van der Waals surface area contributed by atoms with Crippen molar-refractivity contribution in [1.82, 2.24) is 15.0 Å². The van der Waals surface area contributed by atoms with Gasteiger partial charge in [-0.1, -0.05) is 72.1 Å². The summed E-state index contributed by atoms with van der Waals surface area (Å²) in [7, 11) is -1.94. The molecular formula is C26H36N4O2SSi. The van der Waals surface area contributed by atoms with Crippen LogP contribution in [-0.4, -0.2) is 47.5 Å². The normalized spacial score (nSPS) is 17.8. The second kappa shape index (κ2) is 9.50. The topological polar surface area (TPSA) is 68.2 Å². The van der Waals surface area contributed by atoms with Crippen LogP contribution in [0.15, 0.2) is 17.4 Å². The molecule has 8 heteroatoms. The molecule has 182 valence electrons. The highest BCUT2D eigenvalue weighted by Gasteiger charge is 2.50. The van der Waals surface area contributed by atoms with Crippen LogP contribution in [0.25, 0.3) is 11.0 Å². The molecule has 0 bridgehead atoms. The number of thioether (sulfide) groups is 1. The van der Waals surface area contributed by atoms with Crippen molar-refractivity contribution < 1.29 is 9.53 Å².